The van der Waals surface area contributed by atoms with Crippen molar-refractivity contribution < 1.29 is 0 Å². The second-order valence-electron chi connectivity index (χ2n) is 3.84. The van der Waals surface area contributed by atoms with Crippen LogP contribution in [0.1, 0.15) is 19.8 Å². The minimum Gasteiger partial charge on any atom is -0.365 e. The summed E-state index contributed by atoms with van der Waals surface area (Å²) in [5, 5.41) is 3.37. The van der Waals surface area contributed by atoms with Crippen LogP contribution in [0.25, 0.3) is 11.2 Å². The molecule has 0 aromatic carbocycles. The fourth-order valence-electron chi connectivity index (χ4n) is 1.64. The normalized spacial score (nSPS) is 15.8. The van der Waals surface area contributed by atoms with Gasteiger partial charge in [-0.25, -0.2) is 15.0 Å². The van der Waals surface area contributed by atoms with Crippen LogP contribution in [0.5, 0.6) is 0 Å². The van der Waals surface area contributed by atoms with Crippen LogP contribution in [-0.4, -0.2) is 25.6 Å². The molecule has 15 heavy (non-hydrogen) atoms. The highest BCUT2D eigenvalue weighted by atomic mass is 15.1. The van der Waals surface area contributed by atoms with Crippen LogP contribution in [0.3, 0.4) is 0 Å². The third-order valence-electron chi connectivity index (χ3n) is 2.66. The van der Waals surface area contributed by atoms with Crippen molar-refractivity contribution in [2.24, 2.45) is 0 Å². The van der Waals surface area contributed by atoms with Crippen molar-refractivity contribution in [3.8, 4) is 0 Å². The van der Waals surface area contributed by atoms with Gasteiger partial charge in [-0.2, -0.15) is 0 Å². The van der Waals surface area contributed by atoms with E-state index in [0.717, 1.165) is 23.5 Å². The van der Waals surface area contributed by atoms with Gasteiger partial charge in [0, 0.05) is 12.6 Å². The number of hydrogen-bond acceptors (Lipinski definition) is 4. The molecule has 0 radical (unpaired) electrons. The summed E-state index contributed by atoms with van der Waals surface area (Å²) in [4.78, 5) is 12.8. The summed E-state index contributed by atoms with van der Waals surface area (Å²) < 4.78 is 2.02. The van der Waals surface area contributed by atoms with Gasteiger partial charge in [-0.1, -0.05) is 0 Å². The molecule has 78 valence electrons. The van der Waals surface area contributed by atoms with E-state index in [1.165, 1.54) is 12.8 Å². The topological polar surface area (TPSA) is 55.6 Å². The zero-order valence-electron chi connectivity index (χ0n) is 8.64. The van der Waals surface area contributed by atoms with E-state index < -0.39 is 0 Å². The molecule has 0 atom stereocenters. The van der Waals surface area contributed by atoms with Gasteiger partial charge < -0.3 is 9.88 Å². The lowest BCUT2D eigenvalue weighted by atomic mass is 10.4. The number of nitrogens with zero attached hydrogens (tertiary/aromatic N) is 4. The highest BCUT2D eigenvalue weighted by molar-refractivity contribution is 5.82. The lowest BCUT2D eigenvalue weighted by Gasteiger charge is -2.03. The Labute approximate surface area is 87.6 Å². The maximum Gasteiger partial charge on any atom is 0.165 e. The number of hydrogen-bond donors (Lipinski definition) is 1. The minimum atomic E-state index is 0.592. The summed E-state index contributed by atoms with van der Waals surface area (Å²) in [6.45, 7) is 2.97. The maximum atomic E-state index is 4.35. The van der Waals surface area contributed by atoms with Crippen LogP contribution < -0.4 is 5.32 Å². The molecule has 1 aliphatic rings. The van der Waals surface area contributed by atoms with Crippen molar-refractivity contribution in [1.82, 2.24) is 19.5 Å². The largest absolute Gasteiger partial charge is 0.365 e. The second kappa shape index (κ2) is 3.18. The van der Waals surface area contributed by atoms with E-state index in [4.69, 9.17) is 0 Å². The lowest BCUT2D eigenvalue weighted by molar-refractivity contribution is 0.777. The van der Waals surface area contributed by atoms with Crippen LogP contribution in [0.2, 0.25) is 0 Å². The minimum absolute atomic E-state index is 0.592. The van der Waals surface area contributed by atoms with Gasteiger partial charge >= 0.3 is 0 Å². The van der Waals surface area contributed by atoms with Gasteiger partial charge in [0.2, 0.25) is 0 Å². The number of aryl methyl sites for hydroxylation is 1. The molecular weight excluding hydrogens is 190 g/mol. The fraction of sp³-hybridized carbons (Fsp3) is 0.500. The van der Waals surface area contributed by atoms with E-state index in [9.17, 15) is 0 Å². The molecule has 1 aliphatic carbocycles. The first-order valence-electron chi connectivity index (χ1n) is 5.31. The molecular formula is C10H13N5. The van der Waals surface area contributed by atoms with Crippen LogP contribution in [0.4, 0.5) is 5.82 Å². The molecule has 5 heteroatoms. The van der Waals surface area contributed by atoms with E-state index in [1.807, 2.05) is 10.9 Å². The number of fused-ring (bicyclic) bond motifs is 1. The Morgan fingerprint density at radius 2 is 2.27 bits per heavy atom. The Balaban J connectivity index is 2.08. The molecule has 0 unspecified atom stereocenters. The van der Waals surface area contributed by atoms with Gasteiger partial charge in [-0.15, -0.1) is 0 Å². The Morgan fingerprint density at radius 1 is 1.40 bits per heavy atom. The monoisotopic (exact) mass is 203 g/mol. The smallest absolute Gasteiger partial charge is 0.165 e. The first kappa shape index (κ1) is 8.64. The molecule has 0 saturated heterocycles. The summed E-state index contributed by atoms with van der Waals surface area (Å²) in [7, 11) is 0. The maximum absolute atomic E-state index is 4.35. The summed E-state index contributed by atoms with van der Waals surface area (Å²) in [5.74, 6) is 0.870. The molecule has 1 fully saturated rings. The number of aromatic nitrogens is 4. The van der Waals surface area contributed by atoms with E-state index in [-0.39, 0.29) is 0 Å². The Bertz CT molecular complexity index is 486. The van der Waals surface area contributed by atoms with E-state index in [2.05, 4.69) is 27.2 Å². The van der Waals surface area contributed by atoms with Gasteiger partial charge in [0.1, 0.15) is 11.8 Å². The number of rotatable bonds is 3. The summed E-state index contributed by atoms with van der Waals surface area (Å²) in [6.07, 6.45) is 5.89. The zero-order chi connectivity index (χ0) is 10.3. The highest BCUT2D eigenvalue weighted by Gasteiger charge is 2.23. The molecule has 2 aromatic heterocycles. The van der Waals surface area contributed by atoms with Crippen molar-refractivity contribution in [2.45, 2.75) is 32.4 Å². The third kappa shape index (κ3) is 1.44. The molecule has 1 N–H and O–H groups in total. The van der Waals surface area contributed by atoms with Crippen LogP contribution >= 0.6 is 0 Å². The van der Waals surface area contributed by atoms with Crippen LogP contribution in [-0.2, 0) is 6.54 Å². The number of anilines is 1. The van der Waals surface area contributed by atoms with Crippen LogP contribution in [0.15, 0.2) is 12.7 Å². The molecule has 1 saturated carbocycles. The van der Waals surface area contributed by atoms with Crippen molar-refractivity contribution in [2.75, 3.05) is 5.32 Å². The molecule has 0 bridgehead atoms. The van der Waals surface area contributed by atoms with E-state index in [0.29, 0.717) is 6.04 Å². The molecule has 3 rings (SSSR count). The average molecular weight is 203 g/mol. The number of imidazole rings is 1. The molecule has 0 amide bonds. The summed E-state index contributed by atoms with van der Waals surface area (Å²) in [5.41, 5.74) is 1.79. The Hall–Kier alpha value is -1.65. The van der Waals surface area contributed by atoms with Crippen molar-refractivity contribution in [3.05, 3.63) is 12.7 Å². The quantitative estimate of drug-likeness (QED) is 0.819. The van der Waals surface area contributed by atoms with Gasteiger partial charge in [0.05, 0.1) is 6.33 Å². The van der Waals surface area contributed by atoms with Gasteiger partial charge in [-0.05, 0) is 19.8 Å². The Kier molecular flexibility index (Phi) is 1.83. The SMILES string of the molecule is CCn1cnc2c(NC3CC3)ncnc21. The third-order valence-corrected chi connectivity index (χ3v) is 2.66. The predicted octanol–water partition coefficient (Wildman–Crippen LogP) is 1.42. The van der Waals surface area contributed by atoms with Crippen molar-refractivity contribution in [1.29, 1.82) is 0 Å². The lowest BCUT2D eigenvalue weighted by Crippen LogP contribution is -2.04. The first-order chi connectivity index (χ1) is 7.38. The van der Waals surface area contributed by atoms with Crippen molar-refractivity contribution in [3.63, 3.8) is 0 Å². The zero-order valence-corrected chi connectivity index (χ0v) is 8.64. The first-order valence-corrected chi connectivity index (χ1v) is 5.31. The molecule has 2 aromatic rings. The molecule has 0 aliphatic heterocycles. The van der Waals surface area contributed by atoms with Crippen LogP contribution in [0, 0.1) is 0 Å². The molecule has 5 nitrogen and oxygen atoms in total. The second-order valence-corrected chi connectivity index (χ2v) is 3.84. The Morgan fingerprint density at radius 3 is 3.00 bits per heavy atom. The fourth-order valence-corrected chi connectivity index (χ4v) is 1.64. The summed E-state index contributed by atoms with van der Waals surface area (Å²) >= 11 is 0. The number of nitrogens with one attached hydrogen (secondary N) is 1. The standard InChI is InChI=1S/C10H13N5/c1-2-15-6-13-8-9(14-7-3-4-7)11-5-12-10(8)15/h5-7H,2-4H2,1H3,(H,11,12,14). The van der Waals surface area contributed by atoms with E-state index >= 15 is 0 Å². The van der Waals surface area contributed by atoms with Crippen molar-refractivity contribution >= 4 is 17.0 Å². The highest BCUT2D eigenvalue weighted by Crippen LogP contribution is 2.26. The molecule has 2 heterocycles. The average Bonchev–Trinajstić information content (AvgIpc) is 2.97. The predicted molar refractivity (Wildman–Crippen MR) is 57.6 cm³/mol. The molecule has 0 spiro atoms. The van der Waals surface area contributed by atoms with E-state index in [1.54, 1.807) is 6.33 Å². The van der Waals surface area contributed by atoms with Gasteiger partial charge in [-0.3, -0.25) is 0 Å². The summed E-state index contributed by atoms with van der Waals surface area (Å²) in [6, 6.07) is 0.592. The van der Waals surface area contributed by atoms with Gasteiger partial charge in [0.25, 0.3) is 0 Å². The van der Waals surface area contributed by atoms with Gasteiger partial charge in [0.15, 0.2) is 11.5 Å².